The number of aliphatic imine (C=N–C) groups is 1. The van der Waals surface area contributed by atoms with Gasteiger partial charge >= 0.3 is 0 Å². The number of fused-ring (bicyclic) bond motifs is 1. The largest absolute Gasteiger partial charge is 0.491 e. The number of pyridine rings is 1. The van der Waals surface area contributed by atoms with Crippen LogP contribution in [0.1, 0.15) is 16.7 Å². The molecule has 0 atom stereocenters. The van der Waals surface area contributed by atoms with Crippen LogP contribution in [-0.4, -0.2) is 68.5 Å². The van der Waals surface area contributed by atoms with Crippen LogP contribution in [0.2, 0.25) is 0 Å². The van der Waals surface area contributed by atoms with Crippen molar-refractivity contribution in [2.75, 3.05) is 51.9 Å². The molecule has 0 aliphatic carbocycles. The first kappa shape index (κ1) is 18.4. The van der Waals surface area contributed by atoms with Crippen molar-refractivity contribution in [2.45, 2.75) is 6.54 Å². The average Bonchev–Trinajstić information content (AvgIpc) is 3.14. The third kappa shape index (κ3) is 3.71. The highest BCUT2D eigenvalue weighted by Gasteiger charge is 2.24. The van der Waals surface area contributed by atoms with Gasteiger partial charge in [0.05, 0.1) is 25.4 Å². The lowest BCUT2D eigenvalue weighted by Crippen LogP contribution is -2.48. The highest BCUT2D eigenvalue weighted by atomic mass is 16.5. The zero-order valence-corrected chi connectivity index (χ0v) is 16.2. The number of hydrogen-bond acceptors (Lipinski definition) is 6. The van der Waals surface area contributed by atoms with Crippen molar-refractivity contribution in [1.29, 1.82) is 0 Å². The minimum atomic E-state index is 0.111. The average molecular weight is 380 g/mol. The van der Waals surface area contributed by atoms with Gasteiger partial charge in [-0.15, -0.1) is 0 Å². The van der Waals surface area contributed by atoms with Gasteiger partial charge in [-0.2, -0.15) is 0 Å². The minimum Gasteiger partial charge on any atom is -0.491 e. The van der Waals surface area contributed by atoms with E-state index in [2.05, 4.69) is 11.1 Å². The van der Waals surface area contributed by atoms with Crippen LogP contribution in [-0.2, 0) is 16.1 Å². The maximum absolute atomic E-state index is 12.0. The summed E-state index contributed by atoms with van der Waals surface area (Å²) in [4.78, 5) is 25.0. The van der Waals surface area contributed by atoms with E-state index < -0.39 is 0 Å². The zero-order valence-electron chi connectivity index (χ0n) is 16.2. The van der Waals surface area contributed by atoms with E-state index in [1.54, 1.807) is 18.2 Å². The fourth-order valence-corrected chi connectivity index (χ4v) is 3.44. The number of carbonyl (C=O) groups excluding carboxylic acids is 1. The molecule has 2 aliphatic rings. The zero-order chi connectivity index (χ0) is 19.5. The second kappa shape index (κ2) is 7.98. The number of methoxy groups -OCH3 is 1. The molecule has 0 bridgehead atoms. The maximum Gasteiger partial charge on any atom is 0.241 e. The minimum absolute atomic E-state index is 0.111. The monoisotopic (exact) mass is 380 g/mol. The van der Waals surface area contributed by atoms with Crippen molar-refractivity contribution in [3.05, 3.63) is 53.2 Å². The molecule has 0 N–H and O–H groups in total. The van der Waals surface area contributed by atoms with Crippen molar-refractivity contribution < 1.29 is 14.3 Å². The molecule has 4 rings (SSSR count). The number of likely N-dealkylation sites (N-methyl/N-ethyl adjacent to an activating group) is 1. The summed E-state index contributed by atoms with van der Waals surface area (Å²) in [5.41, 5.74) is 4.21. The first-order valence-electron chi connectivity index (χ1n) is 9.40. The summed E-state index contributed by atoms with van der Waals surface area (Å²) in [6, 6.07) is 10.1. The van der Waals surface area contributed by atoms with Crippen LogP contribution in [0.3, 0.4) is 0 Å². The number of aromatic nitrogens is 1. The van der Waals surface area contributed by atoms with Crippen molar-refractivity contribution >= 4 is 17.4 Å². The summed E-state index contributed by atoms with van der Waals surface area (Å²) in [6.07, 6.45) is 1.78. The van der Waals surface area contributed by atoms with Gasteiger partial charge in [0.25, 0.3) is 0 Å². The smallest absolute Gasteiger partial charge is 0.241 e. The van der Waals surface area contributed by atoms with E-state index in [-0.39, 0.29) is 5.91 Å². The van der Waals surface area contributed by atoms with Crippen molar-refractivity contribution in [3.8, 4) is 5.75 Å². The van der Waals surface area contributed by atoms with E-state index in [1.807, 2.05) is 36.2 Å². The summed E-state index contributed by atoms with van der Waals surface area (Å²) in [7, 11) is 3.49. The highest BCUT2D eigenvalue weighted by Crippen LogP contribution is 2.28. The van der Waals surface area contributed by atoms with Gasteiger partial charge in [0.1, 0.15) is 18.2 Å². The lowest BCUT2D eigenvalue weighted by molar-refractivity contribution is -0.129. The molecule has 1 amide bonds. The van der Waals surface area contributed by atoms with Gasteiger partial charge in [0.2, 0.25) is 5.91 Å². The number of carbonyl (C=O) groups is 1. The topological polar surface area (TPSA) is 67.3 Å². The number of amides is 1. The molecule has 1 saturated heterocycles. The van der Waals surface area contributed by atoms with E-state index in [0.717, 1.165) is 35.0 Å². The molecule has 1 fully saturated rings. The summed E-state index contributed by atoms with van der Waals surface area (Å²) in [5.74, 6) is 1.73. The van der Waals surface area contributed by atoms with Gasteiger partial charge in [-0.1, -0.05) is 6.07 Å². The molecule has 7 nitrogen and oxygen atoms in total. The van der Waals surface area contributed by atoms with E-state index in [0.29, 0.717) is 32.8 Å². The van der Waals surface area contributed by atoms with E-state index in [1.165, 1.54) is 5.56 Å². The van der Waals surface area contributed by atoms with Gasteiger partial charge in [-0.05, 0) is 29.8 Å². The number of hydrogen-bond donors (Lipinski definition) is 0. The molecule has 146 valence electrons. The summed E-state index contributed by atoms with van der Waals surface area (Å²) in [6.45, 7) is 3.56. The van der Waals surface area contributed by atoms with Crippen LogP contribution in [0.15, 0.2) is 41.5 Å². The Bertz CT molecular complexity index is 912. The second-order valence-corrected chi connectivity index (χ2v) is 6.96. The summed E-state index contributed by atoms with van der Waals surface area (Å²) < 4.78 is 10.8. The van der Waals surface area contributed by atoms with E-state index in [4.69, 9.17) is 14.5 Å². The Hall–Kier alpha value is -2.93. The normalized spacial score (nSPS) is 16.2. The SMILES string of the molecule is COCCOc1ccc2c(c1)C(c1ccnc(N3CCN(C)C(=O)C3)c1)=NC2. The van der Waals surface area contributed by atoms with Crippen LogP contribution >= 0.6 is 0 Å². The lowest BCUT2D eigenvalue weighted by Gasteiger charge is -2.32. The molecule has 2 aromatic rings. The van der Waals surface area contributed by atoms with Crippen molar-refractivity contribution in [2.24, 2.45) is 4.99 Å². The number of anilines is 1. The summed E-state index contributed by atoms with van der Waals surface area (Å²) >= 11 is 0. The number of nitrogens with zero attached hydrogens (tertiary/aromatic N) is 4. The highest BCUT2D eigenvalue weighted by molar-refractivity contribution is 6.15. The maximum atomic E-state index is 12.0. The number of benzene rings is 1. The molecular formula is C21H24N4O3. The van der Waals surface area contributed by atoms with Gasteiger partial charge in [-0.25, -0.2) is 4.98 Å². The predicted molar refractivity (Wildman–Crippen MR) is 107 cm³/mol. The van der Waals surface area contributed by atoms with Crippen LogP contribution in [0.4, 0.5) is 5.82 Å². The molecule has 1 aromatic heterocycles. The number of piperazine rings is 1. The van der Waals surface area contributed by atoms with Crippen molar-refractivity contribution in [3.63, 3.8) is 0 Å². The Morgan fingerprint density at radius 2 is 2.04 bits per heavy atom. The Kier molecular flexibility index (Phi) is 5.25. The van der Waals surface area contributed by atoms with Gasteiger partial charge in [0, 0.05) is 44.6 Å². The van der Waals surface area contributed by atoms with E-state index in [9.17, 15) is 4.79 Å². The number of rotatable bonds is 6. The molecule has 0 unspecified atom stereocenters. The number of ether oxygens (including phenoxy) is 2. The molecule has 3 heterocycles. The van der Waals surface area contributed by atoms with Crippen LogP contribution in [0, 0.1) is 0 Å². The Morgan fingerprint density at radius 3 is 2.86 bits per heavy atom. The van der Waals surface area contributed by atoms with Crippen LogP contribution in [0.25, 0.3) is 0 Å². The van der Waals surface area contributed by atoms with Gasteiger partial charge < -0.3 is 19.3 Å². The molecule has 7 heteroatoms. The first-order chi connectivity index (χ1) is 13.7. The molecule has 2 aliphatic heterocycles. The second-order valence-electron chi connectivity index (χ2n) is 6.96. The molecule has 0 saturated carbocycles. The van der Waals surface area contributed by atoms with E-state index >= 15 is 0 Å². The molecular weight excluding hydrogens is 356 g/mol. The molecule has 0 spiro atoms. The predicted octanol–water partition coefficient (Wildman–Crippen LogP) is 1.74. The fraction of sp³-hybridized carbons (Fsp3) is 0.381. The van der Waals surface area contributed by atoms with Gasteiger partial charge in [0.15, 0.2) is 0 Å². The van der Waals surface area contributed by atoms with Gasteiger partial charge in [-0.3, -0.25) is 9.79 Å². The summed E-state index contributed by atoms with van der Waals surface area (Å²) in [5, 5.41) is 0. The standard InChI is InChI=1S/C21H24N4O3/c1-24-7-8-25(14-20(24)26)19-11-15(5-6-22-19)21-18-12-17(28-10-9-27-2)4-3-16(18)13-23-21/h3-6,11-12H,7-10,13-14H2,1-2H3. The Balaban J connectivity index is 1.56. The third-order valence-electron chi connectivity index (χ3n) is 5.10. The quantitative estimate of drug-likeness (QED) is 0.714. The van der Waals surface area contributed by atoms with Crippen molar-refractivity contribution in [1.82, 2.24) is 9.88 Å². The Labute approximate surface area is 164 Å². The molecule has 0 radical (unpaired) electrons. The Morgan fingerprint density at radius 1 is 1.14 bits per heavy atom. The molecule has 28 heavy (non-hydrogen) atoms. The first-order valence-corrected chi connectivity index (χ1v) is 9.40. The lowest BCUT2D eigenvalue weighted by atomic mass is 10.0. The van der Waals surface area contributed by atoms with Crippen LogP contribution < -0.4 is 9.64 Å². The molecule has 1 aromatic carbocycles. The fourth-order valence-electron chi connectivity index (χ4n) is 3.44. The third-order valence-corrected chi connectivity index (χ3v) is 5.10. The van der Waals surface area contributed by atoms with Crippen LogP contribution in [0.5, 0.6) is 5.75 Å².